The Balaban J connectivity index is 2.46. The second-order valence-electron chi connectivity index (χ2n) is 2.39. The van der Waals surface area contributed by atoms with E-state index in [4.69, 9.17) is 0 Å². The Hall–Kier alpha value is -1.03. The Kier molecular flexibility index (Phi) is 3.10. The summed E-state index contributed by atoms with van der Waals surface area (Å²) in [7, 11) is 0. The fourth-order valence-corrected chi connectivity index (χ4v) is 1.58. The third kappa shape index (κ3) is 2.54. The molecule has 1 aromatic rings. The fraction of sp³-hybridized carbons (Fsp3) is 0.375. The summed E-state index contributed by atoms with van der Waals surface area (Å²) in [6, 6.07) is 3.74. The molecular weight excluding hydrogens is 172 g/mol. The van der Waals surface area contributed by atoms with Crippen LogP contribution in [0.5, 0.6) is 0 Å². The standard InChI is InChI=1S/C8H12N2OS/c1-3-9-8(11)10-7-5-4-6(2)12-7/h4-5H,3H2,1-2H3,(H2,9,10,11). The maximum atomic E-state index is 11.0. The summed E-state index contributed by atoms with van der Waals surface area (Å²) in [6.07, 6.45) is 0. The summed E-state index contributed by atoms with van der Waals surface area (Å²) in [4.78, 5) is 12.2. The summed E-state index contributed by atoms with van der Waals surface area (Å²) in [5, 5.41) is 6.28. The van der Waals surface area contributed by atoms with Crippen LogP contribution in [0, 0.1) is 6.92 Å². The van der Waals surface area contributed by atoms with E-state index in [2.05, 4.69) is 10.6 Å². The van der Waals surface area contributed by atoms with Crippen LogP contribution in [0.1, 0.15) is 11.8 Å². The van der Waals surface area contributed by atoms with Crippen LogP contribution < -0.4 is 10.6 Å². The molecule has 0 bridgehead atoms. The molecule has 0 radical (unpaired) electrons. The Labute approximate surface area is 75.8 Å². The smallest absolute Gasteiger partial charge is 0.319 e. The minimum atomic E-state index is -0.139. The van der Waals surface area contributed by atoms with Gasteiger partial charge in [0.1, 0.15) is 0 Å². The van der Waals surface area contributed by atoms with Gasteiger partial charge in [0.25, 0.3) is 0 Å². The molecular formula is C8H12N2OS. The highest BCUT2D eigenvalue weighted by molar-refractivity contribution is 7.16. The average Bonchev–Trinajstić information content (AvgIpc) is 2.36. The molecule has 1 rings (SSSR count). The van der Waals surface area contributed by atoms with Gasteiger partial charge < -0.3 is 5.32 Å². The zero-order valence-corrected chi connectivity index (χ0v) is 7.99. The summed E-state index contributed by atoms with van der Waals surface area (Å²) >= 11 is 1.57. The maximum absolute atomic E-state index is 11.0. The van der Waals surface area contributed by atoms with Gasteiger partial charge in [-0.1, -0.05) is 0 Å². The molecule has 0 unspecified atom stereocenters. The molecule has 1 heterocycles. The molecule has 0 spiro atoms. The molecule has 0 aliphatic carbocycles. The molecule has 12 heavy (non-hydrogen) atoms. The number of amides is 2. The molecule has 0 aliphatic rings. The Morgan fingerprint density at radius 2 is 2.33 bits per heavy atom. The predicted molar refractivity (Wildman–Crippen MR) is 51.8 cm³/mol. The van der Waals surface area contributed by atoms with Crippen molar-refractivity contribution in [1.29, 1.82) is 0 Å². The summed E-state index contributed by atoms with van der Waals surface area (Å²) < 4.78 is 0. The quantitative estimate of drug-likeness (QED) is 0.726. The molecule has 2 amide bonds. The Morgan fingerprint density at radius 1 is 1.58 bits per heavy atom. The van der Waals surface area contributed by atoms with Crippen molar-refractivity contribution in [2.45, 2.75) is 13.8 Å². The minimum Gasteiger partial charge on any atom is -0.338 e. The van der Waals surface area contributed by atoms with E-state index in [0.29, 0.717) is 6.54 Å². The number of hydrogen-bond acceptors (Lipinski definition) is 2. The second kappa shape index (κ2) is 4.11. The van der Waals surface area contributed by atoms with Crippen molar-refractivity contribution in [1.82, 2.24) is 5.32 Å². The molecule has 0 aromatic carbocycles. The number of hydrogen-bond donors (Lipinski definition) is 2. The van der Waals surface area contributed by atoms with Crippen molar-refractivity contribution in [2.24, 2.45) is 0 Å². The molecule has 0 aliphatic heterocycles. The first-order valence-electron chi connectivity index (χ1n) is 3.83. The van der Waals surface area contributed by atoms with Gasteiger partial charge in [0.2, 0.25) is 0 Å². The van der Waals surface area contributed by atoms with E-state index < -0.39 is 0 Å². The van der Waals surface area contributed by atoms with E-state index in [9.17, 15) is 4.79 Å². The summed E-state index contributed by atoms with van der Waals surface area (Å²) in [6.45, 7) is 4.54. The van der Waals surface area contributed by atoms with E-state index in [1.54, 1.807) is 11.3 Å². The lowest BCUT2D eigenvalue weighted by atomic mass is 10.5. The van der Waals surface area contributed by atoms with Gasteiger partial charge in [-0.05, 0) is 26.0 Å². The number of urea groups is 1. The largest absolute Gasteiger partial charge is 0.338 e. The normalized spacial score (nSPS) is 9.50. The van der Waals surface area contributed by atoms with Crippen molar-refractivity contribution in [3.8, 4) is 0 Å². The average molecular weight is 184 g/mol. The number of aryl methyl sites for hydroxylation is 1. The molecule has 0 fully saturated rings. The first kappa shape index (κ1) is 9.06. The predicted octanol–water partition coefficient (Wildman–Crippen LogP) is 2.20. The van der Waals surface area contributed by atoms with E-state index >= 15 is 0 Å². The van der Waals surface area contributed by atoms with Gasteiger partial charge in [0.15, 0.2) is 0 Å². The molecule has 66 valence electrons. The molecule has 3 nitrogen and oxygen atoms in total. The highest BCUT2D eigenvalue weighted by Gasteiger charge is 2.00. The number of carbonyl (C=O) groups is 1. The van der Waals surface area contributed by atoms with Crippen LogP contribution in [0.3, 0.4) is 0 Å². The highest BCUT2D eigenvalue weighted by atomic mass is 32.1. The lowest BCUT2D eigenvalue weighted by molar-refractivity contribution is 0.252. The van der Waals surface area contributed by atoms with Crippen molar-refractivity contribution in [3.63, 3.8) is 0 Å². The van der Waals surface area contributed by atoms with Crippen LogP contribution >= 0.6 is 11.3 Å². The number of rotatable bonds is 2. The SMILES string of the molecule is CCNC(=O)Nc1ccc(C)s1. The number of nitrogens with one attached hydrogen (secondary N) is 2. The molecule has 1 aromatic heterocycles. The highest BCUT2D eigenvalue weighted by Crippen LogP contribution is 2.20. The zero-order valence-electron chi connectivity index (χ0n) is 7.18. The number of carbonyl (C=O) groups excluding carboxylic acids is 1. The Morgan fingerprint density at radius 3 is 2.83 bits per heavy atom. The van der Waals surface area contributed by atoms with Crippen LogP contribution in [0.25, 0.3) is 0 Å². The van der Waals surface area contributed by atoms with Crippen LogP contribution in [0.15, 0.2) is 12.1 Å². The molecule has 0 saturated carbocycles. The lowest BCUT2D eigenvalue weighted by Gasteiger charge is -2.01. The second-order valence-corrected chi connectivity index (χ2v) is 3.68. The first-order chi connectivity index (χ1) is 5.72. The van der Waals surface area contributed by atoms with Crippen LogP contribution in [-0.2, 0) is 0 Å². The van der Waals surface area contributed by atoms with Crippen LogP contribution in [-0.4, -0.2) is 12.6 Å². The van der Waals surface area contributed by atoms with Crippen LogP contribution in [0.4, 0.5) is 9.80 Å². The molecule has 2 N–H and O–H groups in total. The van der Waals surface area contributed by atoms with Gasteiger partial charge in [-0.3, -0.25) is 5.32 Å². The van der Waals surface area contributed by atoms with E-state index in [1.807, 2.05) is 26.0 Å². The fourth-order valence-electron chi connectivity index (χ4n) is 0.818. The van der Waals surface area contributed by atoms with E-state index in [-0.39, 0.29) is 6.03 Å². The Bertz CT molecular complexity index is 270. The van der Waals surface area contributed by atoms with Gasteiger partial charge in [-0.15, -0.1) is 11.3 Å². The van der Waals surface area contributed by atoms with Crippen molar-refractivity contribution < 1.29 is 4.79 Å². The van der Waals surface area contributed by atoms with Gasteiger partial charge in [-0.2, -0.15) is 0 Å². The third-order valence-electron chi connectivity index (χ3n) is 1.31. The summed E-state index contributed by atoms with van der Waals surface area (Å²) in [5.41, 5.74) is 0. The summed E-state index contributed by atoms with van der Waals surface area (Å²) in [5.74, 6) is 0. The van der Waals surface area contributed by atoms with Crippen molar-refractivity contribution in [3.05, 3.63) is 17.0 Å². The van der Waals surface area contributed by atoms with Gasteiger partial charge in [0, 0.05) is 11.4 Å². The van der Waals surface area contributed by atoms with E-state index in [1.165, 1.54) is 4.88 Å². The van der Waals surface area contributed by atoms with Crippen molar-refractivity contribution in [2.75, 3.05) is 11.9 Å². The van der Waals surface area contributed by atoms with Gasteiger partial charge >= 0.3 is 6.03 Å². The lowest BCUT2D eigenvalue weighted by Crippen LogP contribution is -2.27. The maximum Gasteiger partial charge on any atom is 0.319 e. The topological polar surface area (TPSA) is 41.1 Å². The van der Waals surface area contributed by atoms with E-state index in [0.717, 1.165) is 5.00 Å². The number of anilines is 1. The zero-order chi connectivity index (χ0) is 8.97. The number of thiophene rings is 1. The first-order valence-corrected chi connectivity index (χ1v) is 4.65. The van der Waals surface area contributed by atoms with Gasteiger partial charge in [0.05, 0.1) is 5.00 Å². The monoisotopic (exact) mass is 184 g/mol. The van der Waals surface area contributed by atoms with Crippen molar-refractivity contribution >= 4 is 22.4 Å². The molecule has 4 heteroatoms. The minimum absolute atomic E-state index is 0.139. The molecule has 0 atom stereocenters. The van der Waals surface area contributed by atoms with Crippen LogP contribution in [0.2, 0.25) is 0 Å². The van der Waals surface area contributed by atoms with Gasteiger partial charge in [-0.25, -0.2) is 4.79 Å². The third-order valence-corrected chi connectivity index (χ3v) is 2.23. The molecule has 0 saturated heterocycles.